The third-order valence-corrected chi connectivity index (χ3v) is 4.06. The number of anilines is 1. The highest BCUT2D eigenvalue weighted by molar-refractivity contribution is 7.17. The van der Waals surface area contributed by atoms with Crippen molar-refractivity contribution in [2.45, 2.75) is 32.7 Å². The maximum Gasteiger partial charge on any atom is 0.345 e. The highest BCUT2D eigenvalue weighted by atomic mass is 32.1. The van der Waals surface area contributed by atoms with Gasteiger partial charge in [-0.3, -0.25) is 0 Å². The number of hydrogen-bond donors (Lipinski definition) is 1. The molecule has 0 aliphatic rings. The third kappa shape index (κ3) is 2.50. The number of carbonyl (C=O) groups is 1. The average Bonchev–Trinajstić information content (AvgIpc) is 2.65. The summed E-state index contributed by atoms with van der Waals surface area (Å²) in [4.78, 5) is 13.3. The van der Waals surface area contributed by atoms with Crippen molar-refractivity contribution in [2.75, 3.05) is 11.9 Å². The topological polar surface area (TPSA) is 40.5 Å². The Balaban J connectivity index is 2.92. The van der Waals surface area contributed by atoms with Crippen LogP contribution in [0.2, 0.25) is 0 Å². The zero-order valence-corrected chi connectivity index (χ0v) is 10.4. The molecule has 1 rings (SSSR count). The van der Waals surface area contributed by atoms with Crippen LogP contribution in [0.3, 0.4) is 0 Å². The van der Waals surface area contributed by atoms with E-state index in [-0.39, 0.29) is 5.54 Å². The number of rotatable bonds is 4. The fraction of sp³-hybridized carbons (Fsp3) is 0.545. The van der Waals surface area contributed by atoms with Gasteiger partial charge in [0.15, 0.2) is 0 Å². The number of carboxylic acid groups (broad SMARTS) is 1. The lowest BCUT2D eigenvalue weighted by molar-refractivity contribution is 0.0702. The highest BCUT2D eigenvalue weighted by Gasteiger charge is 2.23. The maximum absolute atomic E-state index is 10.7. The molecule has 1 heterocycles. The second kappa shape index (κ2) is 4.23. The van der Waals surface area contributed by atoms with Crippen molar-refractivity contribution >= 4 is 22.3 Å². The predicted octanol–water partition coefficient (Wildman–Crippen LogP) is 3.07. The molecule has 0 aliphatic heterocycles. The van der Waals surface area contributed by atoms with Crippen molar-refractivity contribution in [1.82, 2.24) is 0 Å². The summed E-state index contributed by atoms with van der Waals surface area (Å²) < 4.78 is 0. The first kappa shape index (κ1) is 12.0. The van der Waals surface area contributed by atoms with Gasteiger partial charge >= 0.3 is 5.97 Å². The van der Waals surface area contributed by atoms with Crippen molar-refractivity contribution in [2.24, 2.45) is 0 Å². The standard InChI is InChI=1S/C11H17NO2S/c1-5-11(2,3)12(4)9-7-6-8(15-9)10(13)14/h6-7H,5H2,1-4H3,(H,13,14). The molecule has 0 aliphatic carbocycles. The third-order valence-electron chi connectivity index (χ3n) is 2.91. The van der Waals surface area contributed by atoms with Gasteiger partial charge in [0.2, 0.25) is 0 Å². The zero-order valence-electron chi connectivity index (χ0n) is 9.57. The first-order valence-electron chi connectivity index (χ1n) is 4.95. The average molecular weight is 227 g/mol. The van der Waals surface area contributed by atoms with E-state index in [4.69, 9.17) is 5.11 Å². The molecule has 84 valence electrons. The lowest BCUT2D eigenvalue weighted by atomic mass is 10.0. The molecule has 0 saturated carbocycles. The molecule has 0 bridgehead atoms. The van der Waals surface area contributed by atoms with Crippen LogP contribution in [0.25, 0.3) is 0 Å². The van der Waals surface area contributed by atoms with Gasteiger partial charge in [-0.1, -0.05) is 6.92 Å². The second-order valence-electron chi connectivity index (χ2n) is 4.17. The summed E-state index contributed by atoms with van der Waals surface area (Å²) in [5.41, 5.74) is 0.0562. The molecule has 3 nitrogen and oxygen atoms in total. The van der Waals surface area contributed by atoms with E-state index >= 15 is 0 Å². The van der Waals surface area contributed by atoms with E-state index in [9.17, 15) is 4.79 Å². The molecule has 0 aromatic carbocycles. The Bertz CT molecular complexity index is 357. The fourth-order valence-corrected chi connectivity index (χ4v) is 2.13. The lowest BCUT2D eigenvalue weighted by Crippen LogP contribution is -2.39. The summed E-state index contributed by atoms with van der Waals surface area (Å²) in [6.07, 6.45) is 1.02. The minimum absolute atomic E-state index is 0.0562. The van der Waals surface area contributed by atoms with Gasteiger partial charge in [-0.15, -0.1) is 11.3 Å². The van der Waals surface area contributed by atoms with Crippen LogP contribution >= 0.6 is 11.3 Å². The normalized spacial score (nSPS) is 11.5. The molecule has 0 radical (unpaired) electrons. The van der Waals surface area contributed by atoms with E-state index in [1.54, 1.807) is 6.07 Å². The summed E-state index contributed by atoms with van der Waals surface area (Å²) in [7, 11) is 2.00. The quantitative estimate of drug-likeness (QED) is 0.859. The molecule has 0 unspecified atom stereocenters. The van der Waals surface area contributed by atoms with Gasteiger partial charge in [-0.25, -0.2) is 4.79 Å². The highest BCUT2D eigenvalue weighted by Crippen LogP contribution is 2.31. The monoisotopic (exact) mass is 227 g/mol. The first-order chi connectivity index (χ1) is 6.88. The number of nitrogens with zero attached hydrogens (tertiary/aromatic N) is 1. The lowest BCUT2D eigenvalue weighted by Gasteiger charge is -2.35. The molecule has 0 saturated heterocycles. The van der Waals surface area contributed by atoms with E-state index < -0.39 is 5.97 Å². The molecule has 0 fully saturated rings. The van der Waals surface area contributed by atoms with Crippen LogP contribution in [0.15, 0.2) is 12.1 Å². The maximum atomic E-state index is 10.7. The molecular formula is C11H17NO2S. The molecular weight excluding hydrogens is 210 g/mol. The molecule has 1 aromatic rings. The van der Waals surface area contributed by atoms with Gasteiger partial charge in [0, 0.05) is 12.6 Å². The minimum atomic E-state index is -0.853. The molecule has 0 amide bonds. The molecule has 15 heavy (non-hydrogen) atoms. The first-order valence-corrected chi connectivity index (χ1v) is 5.77. The predicted molar refractivity (Wildman–Crippen MR) is 64.1 cm³/mol. The largest absolute Gasteiger partial charge is 0.477 e. The molecule has 1 N–H and O–H groups in total. The van der Waals surface area contributed by atoms with Crippen LogP contribution in [0.1, 0.15) is 36.9 Å². The van der Waals surface area contributed by atoms with Crippen LogP contribution in [0.4, 0.5) is 5.00 Å². The molecule has 0 spiro atoms. The Labute approximate surface area is 94.3 Å². The summed E-state index contributed by atoms with van der Waals surface area (Å²) >= 11 is 1.32. The number of aromatic carboxylic acids is 1. The summed E-state index contributed by atoms with van der Waals surface area (Å²) in [6, 6.07) is 3.52. The van der Waals surface area contributed by atoms with Crippen molar-refractivity contribution in [3.63, 3.8) is 0 Å². The summed E-state index contributed by atoms with van der Waals surface area (Å²) in [6.45, 7) is 6.42. The van der Waals surface area contributed by atoms with Gasteiger partial charge in [0.25, 0.3) is 0 Å². The number of hydrogen-bond acceptors (Lipinski definition) is 3. The van der Waals surface area contributed by atoms with E-state index in [1.165, 1.54) is 11.3 Å². The summed E-state index contributed by atoms with van der Waals surface area (Å²) in [5.74, 6) is -0.853. The Morgan fingerprint density at radius 2 is 2.13 bits per heavy atom. The van der Waals surface area contributed by atoms with Crippen molar-refractivity contribution in [1.29, 1.82) is 0 Å². The molecule has 4 heteroatoms. The van der Waals surface area contributed by atoms with Crippen LogP contribution in [0.5, 0.6) is 0 Å². The Hall–Kier alpha value is -1.03. The van der Waals surface area contributed by atoms with E-state index in [0.29, 0.717) is 4.88 Å². The number of thiophene rings is 1. The zero-order chi connectivity index (χ0) is 11.6. The van der Waals surface area contributed by atoms with Gasteiger partial charge in [-0.2, -0.15) is 0 Å². The number of carboxylic acids is 1. The van der Waals surface area contributed by atoms with Crippen LogP contribution < -0.4 is 4.90 Å². The Morgan fingerprint density at radius 3 is 2.53 bits per heavy atom. The Morgan fingerprint density at radius 1 is 1.53 bits per heavy atom. The SMILES string of the molecule is CCC(C)(C)N(C)c1ccc(C(=O)O)s1. The second-order valence-corrected chi connectivity index (χ2v) is 5.23. The van der Waals surface area contributed by atoms with E-state index in [1.807, 2.05) is 13.1 Å². The van der Waals surface area contributed by atoms with E-state index in [2.05, 4.69) is 25.7 Å². The minimum Gasteiger partial charge on any atom is -0.477 e. The van der Waals surface area contributed by atoms with Gasteiger partial charge in [0.1, 0.15) is 4.88 Å². The van der Waals surface area contributed by atoms with Gasteiger partial charge in [0.05, 0.1) is 5.00 Å². The Kier molecular flexibility index (Phi) is 3.39. The molecule has 1 aromatic heterocycles. The summed E-state index contributed by atoms with van der Waals surface area (Å²) in [5, 5.41) is 9.83. The smallest absolute Gasteiger partial charge is 0.345 e. The van der Waals surface area contributed by atoms with Crippen LogP contribution in [-0.4, -0.2) is 23.7 Å². The van der Waals surface area contributed by atoms with Crippen molar-refractivity contribution in [3.05, 3.63) is 17.0 Å². The van der Waals surface area contributed by atoms with Gasteiger partial charge < -0.3 is 10.0 Å². The molecule has 0 atom stereocenters. The van der Waals surface area contributed by atoms with Crippen molar-refractivity contribution < 1.29 is 9.90 Å². The van der Waals surface area contributed by atoms with Gasteiger partial charge in [-0.05, 0) is 32.4 Å². The van der Waals surface area contributed by atoms with Crippen LogP contribution in [-0.2, 0) is 0 Å². The van der Waals surface area contributed by atoms with Crippen molar-refractivity contribution in [3.8, 4) is 0 Å². The van der Waals surface area contributed by atoms with E-state index in [0.717, 1.165) is 11.4 Å². The fourth-order valence-electron chi connectivity index (χ4n) is 1.16. The van der Waals surface area contributed by atoms with Crippen LogP contribution in [0, 0.1) is 0 Å².